The fourth-order valence-corrected chi connectivity index (χ4v) is 4.92. The van der Waals surface area contributed by atoms with Gasteiger partial charge >= 0.3 is 6.18 Å². The highest BCUT2D eigenvalue weighted by atomic mass is 19.4. The van der Waals surface area contributed by atoms with E-state index in [9.17, 15) is 17.6 Å². The van der Waals surface area contributed by atoms with Crippen molar-refractivity contribution in [1.82, 2.24) is 0 Å². The van der Waals surface area contributed by atoms with E-state index in [4.69, 9.17) is 4.74 Å². The normalized spacial score (nSPS) is 19.2. The number of alkyl halides is 3. The lowest BCUT2D eigenvalue weighted by Crippen LogP contribution is -2.17. The molecule has 3 aromatic carbocycles. The van der Waals surface area contributed by atoms with Crippen LogP contribution >= 0.6 is 0 Å². The molecule has 176 valence electrons. The molecule has 0 spiro atoms. The molecular formula is C27H27F5O. The Morgan fingerprint density at radius 2 is 1.64 bits per heavy atom. The van der Waals surface area contributed by atoms with Crippen LogP contribution in [-0.4, -0.2) is 13.7 Å². The number of rotatable bonds is 6. The van der Waals surface area contributed by atoms with Gasteiger partial charge in [0.05, 0.1) is 5.56 Å². The topological polar surface area (TPSA) is 9.23 Å². The first-order valence-electron chi connectivity index (χ1n) is 11.3. The molecule has 0 amide bonds. The summed E-state index contributed by atoms with van der Waals surface area (Å²) in [6, 6.07) is 12.4. The smallest absolute Gasteiger partial charge is 0.384 e. The first kappa shape index (κ1) is 23.7. The lowest BCUT2D eigenvalue weighted by Gasteiger charge is -2.28. The quantitative estimate of drug-likeness (QED) is 0.339. The highest BCUT2D eigenvalue weighted by Crippen LogP contribution is 2.37. The molecule has 0 unspecified atom stereocenters. The van der Waals surface area contributed by atoms with Gasteiger partial charge in [-0.3, -0.25) is 0 Å². The van der Waals surface area contributed by atoms with Crippen LogP contribution in [0, 0.1) is 17.6 Å². The maximum atomic E-state index is 15.1. The van der Waals surface area contributed by atoms with E-state index in [-0.39, 0.29) is 18.7 Å². The van der Waals surface area contributed by atoms with E-state index in [0.717, 1.165) is 49.8 Å². The Morgan fingerprint density at radius 1 is 0.879 bits per heavy atom. The van der Waals surface area contributed by atoms with Crippen molar-refractivity contribution in [2.45, 2.75) is 50.6 Å². The number of hydrogen-bond donors (Lipinski definition) is 0. The van der Waals surface area contributed by atoms with Gasteiger partial charge in [-0.25, -0.2) is 8.78 Å². The SMILES string of the molecule is COCC1CCC(c2ccc3c(F)c(CCc4ccc(C(F)(F)F)c(F)c4)ccc3c2)CC1. The van der Waals surface area contributed by atoms with Gasteiger partial charge in [-0.1, -0.05) is 36.4 Å². The van der Waals surface area contributed by atoms with Crippen LogP contribution in [0.1, 0.15) is 53.9 Å². The highest BCUT2D eigenvalue weighted by Gasteiger charge is 2.33. The van der Waals surface area contributed by atoms with Crippen molar-refractivity contribution in [3.05, 3.63) is 82.4 Å². The summed E-state index contributed by atoms with van der Waals surface area (Å²) in [6.45, 7) is 0.803. The minimum absolute atomic E-state index is 0.250. The van der Waals surface area contributed by atoms with E-state index < -0.39 is 17.6 Å². The molecule has 0 saturated heterocycles. The van der Waals surface area contributed by atoms with E-state index in [0.29, 0.717) is 28.3 Å². The summed E-state index contributed by atoms with van der Waals surface area (Å²) in [5.74, 6) is -0.539. The Labute approximate surface area is 190 Å². The van der Waals surface area contributed by atoms with Gasteiger partial charge < -0.3 is 4.74 Å². The molecule has 0 heterocycles. The standard InChI is InChI=1S/C27H27F5O/c1-33-16-18-3-6-19(7-4-18)21-11-12-23-22(15-21)10-9-20(26(23)29)8-2-17-5-13-24(25(28)14-17)27(30,31)32/h5,9-15,18-19H,2-4,6-8,16H2,1H3. The van der Waals surface area contributed by atoms with E-state index >= 15 is 4.39 Å². The molecule has 0 radical (unpaired) electrons. The van der Waals surface area contributed by atoms with Crippen LogP contribution in [0.2, 0.25) is 0 Å². The molecule has 0 aliphatic heterocycles. The Hall–Kier alpha value is -2.47. The van der Waals surface area contributed by atoms with Gasteiger partial charge in [0.25, 0.3) is 0 Å². The Bertz CT molecular complexity index is 1110. The van der Waals surface area contributed by atoms with Crippen molar-refractivity contribution >= 4 is 10.8 Å². The molecule has 1 fully saturated rings. The van der Waals surface area contributed by atoms with Crippen LogP contribution < -0.4 is 0 Å². The Morgan fingerprint density at radius 3 is 2.30 bits per heavy atom. The van der Waals surface area contributed by atoms with Gasteiger partial charge in [-0.05, 0) is 84.6 Å². The fourth-order valence-electron chi connectivity index (χ4n) is 4.92. The predicted molar refractivity (Wildman–Crippen MR) is 119 cm³/mol. The van der Waals surface area contributed by atoms with Crippen LogP contribution in [0.5, 0.6) is 0 Å². The van der Waals surface area contributed by atoms with Crippen LogP contribution in [0.4, 0.5) is 22.0 Å². The third-order valence-corrected chi connectivity index (χ3v) is 6.80. The molecule has 4 rings (SSSR count). The molecule has 3 aromatic rings. The molecule has 1 saturated carbocycles. The summed E-state index contributed by atoms with van der Waals surface area (Å²) in [5, 5.41) is 1.37. The second-order valence-electron chi connectivity index (χ2n) is 9.00. The van der Waals surface area contributed by atoms with Gasteiger partial charge in [0.2, 0.25) is 0 Å². The molecule has 0 aromatic heterocycles. The van der Waals surface area contributed by atoms with Gasteiger partial charge in [0.1, 0.15) is 11.6 Å². The molecule has 6 heteroatoms. The molecule has 0 atom stereocenters. The first-order chi connectivity index (χ1) is 15.8. The average Bonchev–Trinajstić information content (AvgIpc) is 2.78. The average molecular weight is 463 g/mol. The fraction of sp³-hybridized carbons (Fsp3) is 0.407. The molecule has 33 heavy (non-hydrogen) atoms. The molecular weight excluding hydrogens is 435 g/mol. The van der Waals surface area contributed by atoms with Crippen molar-refractivity contribution in [1.29, 1.82) is 0 Å². The van der Waals surface area contributed by atoms with Crippen LogP contribution in [0.25, 0.3) is 10.8 Å². The number of ether oxygens (including phenoxy) is 1. The van der Waals surface area contributed by atoms with Crippen molar-refractivity contribution < 1.29 is 26.7 Å². The van der Waals surface area contributed by atoms with E-state index in [1.807, 2.05) is 18.2 Å². The summed E-state index contributed by atoms with van der Waals surface area (Å²) in [6.07, 6.45) is 0.268. The molecule has 0 bridgehead atoms. The van der Waals surface area contributed by atoms with E-state index in [2.05, 4.69) is 6.07 Å². The number of benzene rings is 3. The minimum atomic E-state index is -4.73. The number of aryl methyl sites for hydroxylation is 2. The molecule has 1 aliphatic rings. The number of fused-ring (bicyclic) bond motifs is 1. The zero-order valence-electron chi connectivity index (χ0n) is 18.5. The first-order valence-corrected chi connectivity index (χ1v) is 11.3. The summed E-state index contributed by atoms with van der Waals surface area (Å²) >= 11 is 0. The number of hydrogen-bond acceptors (Lipinski definition) is 1. The molecule has 0 N–H and O–H groups in total. The lowest BCUT2D eigenvalue weighted by atomic mass is 9.78. The zero-order chi connectivity index (χ0) is 23.6. The second kappa shape index (κ2) is 9.80. The number of halogens is 5. The van der Waals surface area contributed by atoms with Crippen LogP contribution in [-0.2, 0) is 23.8 Å². The van der Waals surface area contributed by atoms with Gasteiger partial charge in [0, 0.05) is 19.1 Å². The maximum Gasteiger partial charge on any atom is 0.419 e. The monoisotopic (exact) mass is 462 g/mol. The van der Waals surface area contributed by atoms with Crippen LogP contribution in [0.3, 0.4) is 0 Å². The van der Waals surface area contributed by atoms with Crippen LogP contribution in [0.15, 0.2) is 48.5 Å². The summed E-state index contributed by atoms with van der Waals surface area (Å²) in [7, 11) is 1.74. The van der Waals surface area contributed by atoms with E-state index in [1.54, 1.807) is 13.2 Å². The van der Waals surface area contributed by atoms with Gasteiger partial charge in [-0.2, -0.15) is 13.2 Å². The van der Waals surface area contributed by atoms with Gasteiger partial charge in [0.15, 0.2) is 0 Å². The Balaban J connectivity index is 1.46. The second-order valence-corrected chi connectivity index (χ2v) is 9.00. The third-order valence-electron chi connectivity index (χ3n) is 6.80. The highest BCUT2D eigenvalue weighted by molar-refractivity contribution is 5.84. The minimum Gasteiger partial charge on any atom is -0.384 e. The van der Waals surface area contributed by atoms with E-state index in [1.165, 1.54) is 11.6 Å². The number of methoxy groups -OCH3 is 1. The maximum absolute atomic E-state index is 15.1. The Kier molecular flexibility index (Phi) is 7.03. The lowest BCUT2D eigenvalue weighted by molar-refractivity contribution is -0.140. The summed E-state index contributed by atoms with van der Waals surface area (Å²) in [5.41, 5.74) is 0.812. The van der Waals surface area contributed by atoms with Crippen molar-refractivity contribution in [3.63, 3.8) is 0 Å². The van der Waals surface area contributed by atoms with Crippen molar-refractivity contribution in [2.75, 3.05) is 13.7 Å². The zero-order valence-corrected chi connectivity index (χ0v) is 18.5. The summed E-state index contributed by atoms with van der Waals surface area (Å²) in [4.78, 5) is 0. The van der Waals surface area contributed by atoms with Gasteiger partial charge in [-0.15, -0.1) is 0 Å². The van der Waals surface area contributed by atoms with Crippen molar-refractivity contribution in [2.24, 2.45) is 5.92 Å². The van der Waals surface area contributed by atoms with Crippen molar-refractivity contribution in [3.8, 4) is 0 Å². The molecule has 1 nitrogen and oxygen atoms in total. The predicted octanol–water partition coefficient (Wildman–Crippen LogP) is 7.84. The molecule has 1 aliphatic carbocycles. The third kappa shape index (κ3) is 5.37. The summed E-state index contributed by atoms with van der Waals surface area (Å²) < 4.78 is 72.4. The largest absolute Gasteiger partial charge is 0.419 e.